The van der Waals surface area contributed by atoms with Crippen molar-refractivity contribution in [3.05, 3.63) is 60.6 Å². The average Bonchev–Trinajstić information content (AvgIpc) is 2.98. The molecule has 26 heavy (non-hydrogen) atoms. The van der Waals surface area contributed by atoms with Crippen molar-refractivity contribution in [2.24, 2.45) is 0 Å². The molecular formula is C18H13F3N4O. The zero-order chi connectivity index (χ0) is 18.3. The first-order valence-electron chi connectivity index (χ1n) is 7.76. The molecule has 4 aromatic rings. The van der Waals surface area contributed by atoms with Crippen molar-refractivity contribution in [3.8, 4) is 5.75 Å². The molecule has 0 saturated heterocycles. The Bertz CT molecular complexity index is 1090. The zero-order valence-corrected chi connectivity index (χ0v) is 13.6. The lowest BCUT2D eigenvalue weighted by Crippen LogP contribution is -2.16. The highest BCUT2D eigenvalue weighted by molar-refractivity contribution is 5.86. The second-order valence-corrected chi connectivity index (χ2v) is 5.67. The molecule has 5 nitrogen and oxygen atoms in total. The van der Waals surface area contributed by atoms with Gasteiger partial charge in [-0.15, -0.1) is 13.2 Å². The van der Waals surface area contributed by atoms with Crippen molar-refractivity contribution in [1.82, 2.24) is 14.4 Å². The number of aryl methyl sites for hydroxylation is 1. The van der Waals surface area contributed by atoms with Crippen molar-refractivity contribution in [2.75, 3.05) is 5.32 Å². The second kappa shape index (κ2) is 5.91. The van der Waals surface area contributed by atoms with Gasteiger partial charge in [-0.1, -0.05) is 12.1 Å². The third kappa shape index (κ3) is 3.01. The number of halogens is 3. The number of nitrogens with one attached hydrogen (secondary N) is 1. The van der Waals surface area contributed by atoms with Crippen LogP contribution in [-0.2, 0) is 0 Å². The second-order valence-electron chi connectivity index (χ2n) is 5.67. The van der Waals surface area contributed by atoms with Gasteiger partial charge in [-0.2, -0.15) is 0 Å². The summed E-state index contributed by atoms with van der Waals surface area (Å²) in [6, 6.07) is 13.1. The summed E-state index contributed by atoms with van der Waals surface area (Å²) in [6.45, 7) is 1.90. The number of fused-ring (bicyclic) bond motifs is 3. The number of anilines is 2. The minimum absolute atomic E-state index is 0.278. The van der Waals surface area contributed by atoms with Gasteiger partial charge in [0.25, 0.3) is 0 Å². The van der Waals surface area contributed by atoms with Gasteiger partial charge in [0.1, 0.15) is 17.1 Å². The maximum Gasteiger partial charge on any atom is 0.573 e. The molecule has 0 aliphatic rings. The van der Waals surface area contributed by atoms with Gasteiger partial charge in [-0.3, -0.25) is 4.40 Å². The summed E-state index contributed by atoms with van der Waals surface area (Å²) >= 11 is 0. The molecule has 0 bridgehead atoms. The van der Waals surface area contributed by atoms with E-state index in [-0.39, 0.29) is 5.75 Å². The highest BCUT2D eigenvalue weighted by Crippen LogP contribution is 2.28. The number of nitrogens with zero attached hydrogens (tertiary/aromatic N) is 3. The first-order chi connectivity index (χ1) is 12.4. The van der Waals surface area contributed by atoms with Gasteiger partial charge < -0.3 is 10.1 Å². The molecule has 2 heterocycles. The molecule has 0 unspecified atom stereocenters. The number of alkyl halides is 3. The molecule has 4 rings (SSSR count). The fourth-order valence-corrected chi connectivity index (χ4v) is 2.81. The highest BCUT2D eigenvalue weighted by Gasteiger charge is 2.30. The Kier molecular flexibility index (Phi) is 3.68. The molecule has 132 valence electrons. The molecule has 2 aromatic carbocycles. The van der Waals surface area contributed by atoms with E-state index in [9.17, 15) is 13.2 Å². The minimum Gasteiger partial charge on any atom is -0.406 e. The van der Waals surface area contributed by atoms with Crippen LogP contribution in [-0.4, -0.2) is 20.7 Å². The Balaban J connectivity index is 1.73. The van der Waals surface area contributed by atoms with E-state index in [2.05, 4.69) is 20.0 Å². The first kappa shape index (κ1) is 16.2. The van der Waals surface area contributed by atoms with Gasteiger partial charge in [0, 0.05) is 5.69 Å². The predicted molar refractivity (Wildman–Crippen MR) is 91.6 cm³/mol. The van der Waals surface area contributed by atoms with E-state index in [4.69, 9.17) is 0 Å². The van der Waals surface area contributed by atoms with E-state index >= 15 is 0 Å². The molecule has 0 saturated carbocycles. The van der Waals surface area contributed by atoms with Gasteiger partial charge in [0.2, 0.25) is 0 Å². The molecular weight excluding hydrogens is 345 g/mol. The Labute approximate surface area is 146 Å². The maximum atomic E-state index is 12.3. The topological polar surface area (TPSA) is 51.5 Å². The number of benzene rings is 2. The summed E-state index contributed by atoms with van der Waals surface area (Å²) < 4.78 is 42.6. The predicted octanol–water partition coefficient (Wildman–Crippen LogP) is 4.83. The van der Waals surface area contributed by atoms with Crippen molar-refractivity contribution >= 4 is 28.1 Å². The summed E-state index contributed by atoms with van der Waals surface area (Å²) in [5, 5.41) is 3.13. The van der Waals surface area contributed by atoms with Crippen molar-refractivity contribution < 1.29 is 17.9 Å². The van der Waals surface area contributed by atoms with Crippen LogP contribution in [0.25, 0.3) is 16.6 Å². The third-order valence-corrected chi connectivity index (χ3v) is 3.89. The Morgan fingerprint density at radius 3 is 2.46 bits per heavy atom. The van der Waals surface area contributed by atoms with Crippen LogP contribution in [0.5, 0.6) is 5.75 Å². The largest absolute Gasteiger partial charge is 0.573 e. The first-order valence-corrected chi connectivity index (χ1v) is 7.76. The standard InChI is InChI=1S/C18H13F3N4O/c1-11-22-10-16-17(24-14-4-2-3-5-15(14)25(11)16)23-12-6-8-13(9-7-12)26-18(19,20)21/h2-10H,1H3,(H,23,24). The van der Waals surface area contributed by atoms with E-state index in [1.54, 1.807) is 6.20 Å². The number of imidazole rings is 1. The Morgan fingerprint density at radius 2 is 1.73 bits per heavy atom. The van der Waals surface area contributed by atoms with Crippen molar-refractivity contribution in [2.45, 2.75) is 13.3 Å². The van der Waals surface area contributed by atoms with Crippen molar-refractivity contribution in [1.29, 1.82) is 0 Å². The number of para-hydroxylation sites is 2. The Hall–Kier alpha value is -3.29. The van der Waals surface area contributed by atoms with E-state index < -0.39 is 6.36 Å². The normalized spacial score (nSPS) is 11.8. The molecule has 0 spiro atoms. The van der Waals surface area contributed by atoms with Gasteiger partial charge in [-0.25, -0.2) is 9.97 Å². The summed E-state index contributed by atoms with van der Waals surface area (Å²) in [7, 11) is 0. The molecule has 0 aliphatic heterocycles. The number of hydrogen-bond donors (Lipinski definition) is 1. The van der Waals surface area contributed by atoms with E-state index in [1.807, 2.05) is 35.6 Å². The van der Waals surface area contributed by atoms with Crippen LogP contribution in [0, 0.1) is 6.92 Å². The van der Waals surface area contributed by atoms with Crippen LogP contribution < -0.4 is 10.1 Å². The lowest BCUT2D eigenvalue weighted by atomic mass is 10.2. The number of rotatable bonds is 3. The molecule has 0 aliphatic carbocycles. The van der Waals surface area contributed by atoms with Crippen LogP contribution in [0.2, 0.25) is 0 Å². The number of hydrogen-bond acceptors (Lipinski definition) is 4. The van der Waals surface area contributed by atoms with Crippen molar-refractivity contribution in [3.63, 3.8) is 0 Å². The molecule has 0 fully saturated rings. The quantitative estimate of drug-likeness (QED) is 0.570. The smallest absolute Gasteiger partial charge is 0.406 e. The van der Waals surface area contributed by atoms with Crippen LogP contribution in [0.1, 0.15) is 5.82 Å². The van der Waals surface area contributed by atoms with Crippen LogP contribution >= 0.6 is 0 Å². The van der Waals surface area contributed by atoms with Gasteiger partial charge in [-0.05, 0) is 43.3 Å². The Morgan fingerprint density at radius 1 is 1.00 bits per heavy atom. The van der Waals surface area contributed by atoms with Crippen LogP contribution in [0.3, 0.4) is 0 Å². The summed E-state index contributed by atoms with van der Waals surface area (Å²) in [5.41, 5.74) is 3.07. The number of ether oxygens (including phenoxy) is 1. The molecule has 8 heteroatoms. The fourth-order valence-electron chi connectivity index (χ4n) is 2.81. The van der Waals surface area contributed by atoms with E-state index in [0.717, 1.165) is 22.4 Å². The molecule has 1 N–H and O–H groups in total. The van der Waals surface area contributed by atoms with Gasteiger partial charge >= 0.3 is 6.36 Å². The zero-order valence-electron chi connectivity index (χ0n) is 13.6. The highest BCUT2D eigenvalue weighted by atomic mass is 19.4. The molecule has 0 amide bonds. The van der Waals surface area contributed by atoms with Crippen LogP contribution in [0.15, 0.2) is 54.7 Å². The minimum atomic E-state index is -4.71. The summed E-state index contributed by atoms with van der Waals surface area (Å²) in [4.78, 5) is 8.95. The third-order valence-electron chi connectivity index (χ3n) is 3.89. The van der Waals surface area contributed by atoms with E-state index in [1.165, 1.54) is 24.3 Å². The SMILES string of the molecule is Cc1ncc2c(Nc3ccc(OC(F)(F)F)cc3)nc3ccccc3n12. The molecule has 0 radical (unpaired) electrons. The molecule has 2 aromatic heterocycles. The lowest BCUT2D eigenvalue weighted by molar-refractivity contribution is -0.274. The summed E-state index contributed by atoms with van der Waals surface area (Å²) in [5.74, 6) is 1.10. The summed E-state index contributed by atoms with van der Waals surface area (Å²) in [6.07, 6.45) is -3.01. The maximum absolute atomic E-state index is 12.3. The molecule has 0 atom stereocenters. The average molecular weight is 358 g/mol. The number of aromatic nitrogens is 3. The van der Waals surface area contributed by atoms with E-state index in [0.29, 0.717) is 11.5 Å². The monoisotopic (exact) mass is 358 g/mol. The van der Waals surface area contributed by atoms with Crippen LogP contribution in [0.4, 0.5) is 24.7 Å². The van der Waals surface area contributed by atoms with Gasteiger partial charge in [0.05, 0.1) is 17.2 Å². The lowest BCUT2D eigenvalue weighted by Gasteiger charge is -2.12. The van der Waals surface area contributed by atoms with Gasteiger partial charge in [0.15, 0.2) is 5.82 Å². The fraction of sp³-hybridized carbons (Fsp3) is 0.111.